The van der Waals surface area contributed by atoms with Crippen molar-refractivity contribution in [2.75, 3.05) is 25.7 Å². The van der Waals surface area contributed by atoms with E-state index < -0.39 is 17.8 Å². The van der Waals surface area contributed by atoms with E-state index in [1.165, 1.54) is 32.4 Å². The average molecular weight is 510 g/mol. The minimum Gasteiger partial charge on any atom is -0.495 e. The van der Waals surface area contributed by atoms with Crippen molar-refractivity contribution in [2.24, 2.45) is 0 Å². The summed E-state index contributed by atoms with van der Waals surface area (Å²) in [6, 6.07) is 7.06. The Morgan fingerprint density at radius 1 is 1.06 bits per heavy atom. The number of halogens is 2. The number of amides is 4. The van der Waals surface area contributed by atoms with Crippen LogP contribution >= 0.6 is 27.5 Å². The van der Waals surface area contributed by atoms with Gasteiger partial charge in [0.1, 0.15) is 22.8 Å². The Morgan fingerprint density at radius 2 is 1.77 bits per heavy atom. The van der Waals surface area contributed by atoms with Gasteiger partial charge in [0.25, 0.3) is 11.8 Å². The minimum absolute atomic E-state index is 0.0731. The van der Waals surface area contributed by atoms with Gasteiger partial charge >= 0.3 is 6.03 Å². The Hall–Kier alpha value is -3.04. The molecule has 1 fully saturated rings. The maximum absolute atomic E-state index is 13.3. The van der Waals surface area contributed by atoms with Crippen molar-refractivity contribution in [3.05, 3.63) is 51.0 Å². The predicted octanol–water partition coefficient (Wildman–Crippen LogP) is 4.18. The Labute approximate surface area is 191 Å². The number of ether oxygens (including phenoxy) is 3. The molecule has 1 N–H and O–H groups in total. The smallest absolute Gasteiger partial charge is 0.336 e. The molecule has 8 nitrogen and oxygen atoms in total. The number of hydrogen-bond acceptors (Lipinski definition) is 6. The lowest BCUT2D eigenvalue weighted by atomic mass is 10.1. The van der Waals surface area contributed by atoms with Crippen molar-refractivity contribution >= 4 is 57.1 Å². The van der Waals surface area contributed by atoms with E-state index in [9.17, 15) is 14.4 Å². The van der Waals surface area contributed by atoms with Gasteiger partial charge in [-0.3, -0.25) is 14.9 Å². The maximum Gasteiger partial charge on any atom is 0.336 e. The summed E-state index contributed by atoms with van der Waals surface area (Å²) in [5, 5.41) is 2.41. The summed E-state index contributed by atoms with van der Waals surface area (Å²) in [7, 11) is 2.76. The molecular formula is C21H18BrClN2O6. The first-order valence-electron chi connectivity index (χ1n) is 9.06. The van der Waals surface area contributed by atoms with Gasteiger partial charge in [0, 0.05) is 22.2 Å². The van der Waals surface area contributed by atoms with Gasteiger partial charge in [-0.1, -0.05) is 27.5 Å². The van der Waals surface area contributed by atoms with E-state index in [2.05, 4.69) is 21.2 Å². The second-order valence-electron chi connectivity index (χ2n) is 6.23. The SMILES string of the molecule is CCOc1ccc(Br)cc1/C=C1\C(=O)NC(=O)N(c2cc(OC)c(Cl)cc2OC)C1=O. The summed E-state index contributed by atoms with van der Waals surface area (Å²) in [5.41, 5.74) is 0.309. The second-order valence-corrected chi connectivity index (χ2v) is 7.55. The van der Waals surface area contributed by atoms with E-state index in [0.717, 1.165) is 9.37 Å². The quantitative estimate of drug-likeness (QED) is 0.464. The normalized spacial score (nSPS) is 15.2. The molecule has 0 spiro atoms. The summed E-state index contributed by atoms with van der Waals surface area (Å²) in [4.78, 5) is 39.1. The molecule has 1 aliphatic rings. The van der Waals surface area contributed by atoms with Crippen molar-refractivity contribution in [3.8, 4) is 17.2 Å². The summed E-state index contributed by atoms with van der Waals surface area (Å²) in [5.74, 6) is -0.799. The topological polar surface area (TPSA) is 94.2 Å². The van der Waals surface area contributed by atoms with Crippen LogP contribution < -0.4 is 24.4 Å². The molecule has 0 bridgehead atoms. The van der Waals surface area contributed by atoms with Gasteiger partial charge in [-0.2, -0.15) is 0 Å². The monoisotopic (exact) mass is 508 g/mol. The molecule has 0 aliphatic carbocycles. The van der Waals surface area contributed by atoms with Crippen molar-refractivity contribution in [2.45, 2.75) is 6.92 Å². The van der Waals surface area contributed by atoms with Crippen LogP contribution in [0.3, 0.4) is 0 Å². The molecule has 10 heteroatoms. The zero-order chi connectivity index (χ0) is 22.7. The Bertz CT molecular complexity index is 1100. The van der Waals surface area contributed by atoms with Gasteiger partial charge in [-0.25, -0.2) is 9.69 Å². The van der Waals surface area contributed by atoms with Gasteiger partial charge < -0.3 is 14.2 Å². The van der Waals surface area contributed by atoms with E-state index in [1.807, 2.05) is 6.92 Å². The first-order chi connectivity index (χ1) is 14.8. The number of rotatable bonds is 6. The summed E-state index contributed by atoms with van der Waals surface area (Å²) < 4.78 is 16.8. The Kier molecular flexibility index (Phi) is 6.87. The van der Waals surface area contributed by atoms with Crippen LogP contribution in [0.5, 0.6) is 17.2 Å². The highest BCUT2D eigenvalue weighted by Gasteiger charge is 2.38. The van der Waals surface area contributed by atoms with E-state index in [4.69, 9.17) is 25.8 Å². The first kappa shape index (κ1) is 22.6. The number of carbonyl (C=O) groups excluding carboxylic acids is 3. The van der Waals surface area contributed by atoms with Crippen LogP contribution in [0.4, 0.5) is 10.5 Å². The predicted molar refractivity (Wildman–Crippen MR) is 119 cm³/mol. The molecule has 4 amide bonds. The van der Waals surface area contributed by atoms with E-state index in [-0.39, 0.29) is 27.8 Å². The fraction of sp³-hybridized carbons (Fsp3) is 0.190. The average Bonchev–Trinajstić information content (AvgIpc) is 2.73. The summed E-state index contributed by atoms with van der Waals surface area (Å²) >= 11 is 9.48. The van der Waals surface area contributed by atoms with E-state index in [0.29, 0.717) is 17.9 Å². The fourth-order valence-electron chi connectivity index (χ4n) is 2.97. The van der Waals surface area contributed by atoms with Crippen molar-refractivity contribution in [3.63, 3.8) is 0 Å². The lowest BCUT2D eigenvalue weighted by molar-refractivity contribution is -0.122. The molecule has 2 aromatic rings. The van der Waals surface area contributed by atoms with Gasteiger partial charge in [0.2, 0.25) is 0 Å². The number of anilines is 1. The number of benzene rings is 2. The van der Waals surface area contributed by atoms with Crippen molar-refractivity contribution in [1.29, 1.82) is 0 Å². The highest BCUT2D eigenvalue weighted by molar-refractivity contribution is 9.10. The zero-order valence-corrected chi connectivity index (χ0v) is 19.2. The third kappa shape index (κ3) is 4.52. The van der Waals surface area contributed by atoms with Crippen LogP contribution in [0, 0.1) is 0 Å². The highest BCUT2D eigenvalue weighted by Crippen LogP contribution is 2.39. The number of hydrogen-bond donors (Lipinski definition) is 1. The molecule has 0 aromatic heterocycles. The van der Waals surface area contributed by atoms with Crippen molar-refractivity contribution < 1.29 is 28.6 Å². The number of nitrogens with zero attached hydrogens (tertiary/aromatic N) is 1. The first-order valence-corrected chi connectivity index (χ1v) is 10.2. The van der Waals surface area contributed by atoms with Gasteiger partial charge in [-0.05, 0) is 31.2 Å². The number of carbonyl (C=O) groups is 3. The third-order valence-corrected chi connectivity index (χ3v) is 5.16. The Balaban J connectivity index is 2.13. The lowest BCUT2D eigenvalue weighted by Gasteiger charge is -2.28. The molecule has 31 heavy (non-hydrogen) atoms. The van der Waals surface area contributed by atoms with Crippen LogP contribution in [0.2, 0.25) is 5.02 Å². The van der Waals surface area contributed by atoms with Crippen molar-refractivity contribution in [1.82, 2.24) is 5.32 Å². The molecule has 162 valence electrons. The molecule has 1 heterocycles. The maximum atomic E-state index is 13.3. The third-order valence-electron chi connectivity index (χ3n) is 4.37. The largest absolute Gasteiger partial charge is 0.495 e. The van der Waals surface area contributed by atoms with Crippen LogP contribution in [0.15, 0.2) is 40.4 Å². The molecule has 0 radical (unpaired) electrons. The molecule has 0 atom stereocenters. The number of methoxy groups -OCH3 is 2. The number of barbiturate groups is 1. The zero-order valence-electron chi connectivity index (χ0n) is 16.8. The van der Waals surface area contributed by atoms with Crippen LogP contribution in [0.25, 0.3) is 6.08 Å². The molecular weight excluding hydrogens is 492 g/mol. The van der Waals surface area contributed by atoms with Crippen LogP contribution in [-0.4, -0.2) is 38.7 Å². The van der Waals surface area contributed by atoms with Crippen LogP contribution in [-0.2, 0) is 9.59 Å². The second kappa shape index (κ2) is 9.40. The van der Waals surface area contributed by atoms with E-state index in [1.54, 1.807) is 18.2 Å². The molecule has 1 aliphatic heterocycles. The number of nitrogens with one attached hydrogen (secondary N) is 1. The van der Waals surface area contributed by atoms with Crippen LogP contribution in [0.1, 0.15) is 12.5 Å². The standard InChI is InChI=1S/C21H18BrClN2O6/c1-4-31-16-6-5-12(22)7-11(16)8-13-19(26)24-21(28)25(20(13)27)15-10-17(29-2)14(23)9-18(15)30-3/h5-10H,4H2,1-3H3,(H,24,26,28)/b13-8+. The molecule has 3 rings (SSSR count). The summed E-state index contributed by atoms with van der Waals surface area (Å²) in [6.07, 6.45) is 1.37. The molecule has 2 aromatic carbocycles. The molecule has 0 saturated carbocycles. The highest BCUT2D eigenvalue weighted by atomic mass is 79.9. The minimum atomic E-state index is -0.922. The van der Waals surface area contributed by atoms with E-state index >= 15 is 0 Å². The Morgan fingerprint density at radius 3 is 2.42 bits per heavy atom. The number of urea groups is 1. The summed E-state index contributed by atoms with van der Waals surface area (Å²) in [6.45, 7) is 2.21. The fourth-order valence-corrected chi connectivity index (χ4v) is 3.58. The number of imide groups is 2. The van der Waals surface area contributed by atoms with Gasteiger partial charge in [0.15, 0.2) is 0 Å². The lowest BCUT2D eigenvalue weighted by Crippen LogP contribution is -2.54. The molecule has 1 saturated heterocycles. The molecule has 0 unspecified atom stereocenters. The van der Waals surface area contributed by atoms with Gasteiger partial charge in [-0.15, -0.1) is 0 Å². The van der Waals surface area contributed by atoms with Gasteiger partial charge in [0.05, 0.1) is 31.5 Å².